The van der Waals surface area contributed by atoms with Crippen LogP contribution in [-0.2, 0) is 6.18 Å². The third-order valence-corrected chi connectivity index (χ3v) is 3.34. The number of pyridine rings is 1. The zero-order chi connectivity index (χ0) is 14.0. The van der Waals surface area contributed by atoms with Crippen LogP contribution in [0.25, 0.3) is 0 Å². The number of nitrogens with one attached hydrogen (secondary N) is 1. The average Bonchev–Trinajstić information content (AvgIpc) is 2.73. The molecule has 1 aliphatic rings. The summed E-state index contributed by atoms with van der Waals surface area (Å²) < 4.78 is 37.8. The topological polar surface area (TPSA) is 48.7 Å². The predicted octanol–water partition coefficient (Wildman–Crippen LogP) is 3.57. The molecule has 0 spiro atoms. The van der Waals surface area contributed by atoms with Gasteiger partial charge in [-0.3, -0.25) is 0 Å². The molecule has 1 heterocycles. The van der Waals surface area contributed by atoms with Crippen molar-refractivity contribution in [3.63, 3.8) is 0 Å². The highest BCUT2D eigenvalue weighted by Crippen LogP contribution is 2.31. The molecule has 0 aromatic carbocycles. The summed E-state index contributed by atoms with van der Waals surface area (Å²) in [5.74, 6) is 0.588. The molecule has 1 N–H and O–H groups in total. The minimum absolute atomic E-state index is 0.0384. The maximum atomic E-state index is 12.6. The van der Waals surface area contributed by atoms with E-state index in [1.54, 1.807) is 0 Å². The molecule has 1 fully saturated rings. The number of nitriles is 1. The summed E-state index contributed by atoms with van der Waals surface area (Å²) in [5, 5.41) is 11.9. The van der Waals surface area contributed by atoms with Crippen molar-refractivity contribution in [2.45, 2.75) is 38.4 Å². The molecule has 2 atom stereocenters. The Balaban J connectivity index is 2.25. The van der Waals surface area contributed by atoms with Crippen LogP contribution < -0.4 is 5.32 Å². The van der Waals surface area contributed by atoms with Gasteiger partial charge in [0.25, 0.3) is 0 Å². The van der Waals surface area contributed by atoms with Crippen molar-refractivity contribution < 1.29 is 13.2 Å². The van der Waals surface area contributed by atoms with Gasteiger partial charge in [0.2, 0.25) is 0 Å². The van der Waals surface area contributed by atoms with Crippen LogP contribution in [0.2, 0.25) is 0 Å². The number of halogens is 3. The van der Waals surface area contributed by atoms with Crippen molar-refractivity contribution in [2.75, 3.05) is 5.32 Å². The third-order valence-electron chi connectivity index (χ3n) is 3.34. The quantitative estimate of drug-likeness (QED) is 0.892. The molecule has 6 heteroatoms. The zero-order valence-corrected chi connectivity index (χ0v) is 10.5. The van der Waals surface area contributed by atoms with E-state index in [2.05, 4.69) is 17.2 Å². The first-order valence-electron chi connectivity index (χ1n) is 6.15. The van der Waals surface area contributed by atoms with Crippen LogP contribution in [0.1, 0.15) is 37.4 Å². The first kappa shape index (κ1) is 13.7. The first-order chi connectivity index (χ1) is 8.90. The van der Waals surface area contributed by atoms with E-state index in [1.807, 2.05) is 6.07 Å². The minimum atomic E-state index is -4.49. The number of hydrogen-bond donors (Lipinski definition) is 1. The number of hydrogen-bond acceptors (Lipinski definition) is 3. The fourth-order valence-corrected chi connectivity index (χ4v) is 2.35. The second kappa shape index (κ2) is 5.08. The van der Waals surface area contributed by atoms with Gasteiger partial charge in [0.1, 0.15) is 17.6 Å². The summed E-state index contributed by atoms with van der Waals surface area (Å²) in [7, 11) is 0. The van der Waals surface area contributed by atoms with Gasteiger partial charge in [-0.05, 0) is 37.3 Å². The summed E-state index contributed by atoms with van der Waals surface area (Å²) in [4.78, 5) is 3.54. The van der Waals surface area contributed by atoms with Gasteiger partial charge in [-0.25, -0.2) is 4.98 Å². The molecule has 3 nitrogen and oxygen atoms in total. The minimum Gasteiger partial charge on any atom is -0.366 e. The summed E-state index contributed by atoms with van der Waals surface area (Å²) in [5.41, 5.74) is -0.826. The molecule has 102 valence electrons. The van der Waals surface area contributed by atoms with Crippen molar-refractivity contribution in [3.8, 4) is 6.07 Å². The van der Waals surface area contributed by atoms with Crippen LogP contribution in [0.3, 0.4) is 0 Å². The summed E-state index contributed by atoms with van der Waals surface area (Å²) in [6.45, 7) is 2.10. The highest BCUT2D eigenvalue weighted by molar-refractivity contribution is 5.53. The Kier molecular flexibility index (Phi) is 3.65. The maximum absolute atomic E-state index is 12.6. The molecule has 2 rings (SSSR count). The maximum Gasteiger partial charge on any atom is 0.433 e. The zero-order valence-electron chi connectivity index (χ0n) is 10.5. The number of anilines is 1. The van der Waals surface area contributed by atoms with Gasteiger partial charge in [-0.2, -0.15) is 18.4 Å². The number of nitrogens with zero attached hydrogens (tertiary/aromatic N) is 2. The monoisotopic (exact) mass is 269 g/mol. The third kappa shape index (κ3) is 3.16. The summed E-state index contributed by atoms with van der Waals surface area (Å²) in [6.07, 6.45) is -1.67. The normalized spacial score (nSPS) is 23.1. The van der Waals surface area contributed by atoms with Crippen molar-refractivity contribution >= 4 is 5.82 Å². The largest absolute Gasteiger partial charge is 0.433 e. The Morgan fingerprint density at radius 2 is 2.11 bits per heavy atom. The summed E-state index contributed by atoms with van der Waals surface area (Å²) >= 11 is 0. The Bertz CT molecular complexity index is 505. The van der Waals surface area contributed by atoms with Crippen LogP contribution >= 0.6 is 0 Å². The molecule has 2 unspecified atom stereocenters. The molecule has 19 heavy (non-hydrogen) atoms. The molecular weight excluding hydrogens is 255 g/mol. The average molecular weight is 269 g/mol. The van der Waals surface area contributed by atoms with E-state index < -0.39 is 11.9 Å². The number of rotatable bonds is 2. The van der Waals surface area contributed by atoms with Gasteiger partial charge in [0.05, 0.1) is 5.56 Å². The highest BCUT2D eigenvalue weighted by Gasteiger charge is 2.33. The standard InChI is InChI=1S/C13H14F3N3/c1-8-2-4-10(6-8)18-12-9(7-17)3-5-11(19-12)13(14,15)16/h3,5,8,10H,2,4,6H2,1H3,(H,18,19). The highest BCUT2D eigenvalue weighted by atomic mass is 19.4. The molecule has 1 aromatic heterocycles. The van der Waals surface area contributed by atoms with Crippen molar-refractivity contribution in [1.82, 2.24) is 4.98 Å². The second-order valence-corrected chi connectivity index (χ2v) is 4.96. The number of aromatic nitrogens is 1. The summed E-state index contributed by atoms with van der Waals surface area (Å²) in [6, 6.07) is 3.96. The van der Waals surface area contributed by atoms with E-state index in [0.29, 0.717) is 5.92 Å². The molecule has 1 aliphatic carbocycles. The van der Waals surface area contributed by atoms with Gasteiger partial charge in [-0.1, -0.05) is 6.92 Å². The lowest BCUT2D eigenvalue weighted by Crippen LogP contribution is -2.19. The number of alkyl halides is 3. The Morgan fingerprint density at radius 3 is 2.63 bits per heavy atom. The Morgan fingerprint density at radius 1 is 1.37 bits per heavy atom. The van der Waals surface area contributed by atoms with Gasteiger partial charge in [-0.15, -0.1) is 0 Å². The molecule has 0 radical (unpaired) electrons. The molecule has 1 saturated carbocycles. The molecular formula is C13H14F3N3. The fourth-order valence-electron chi connectivity index (χ4n) is 2.35. The van der Waals surface area contributed by atoms with Crippen LogP contribution in [0.4, 0.5) is 19.0 Å². The van der Waals surface area contributed by atoms with E-state index in [-0.39, 0.29) is 17.4 Å². The van der Waals surface area contributed by atoms with Crippen LogP contribution in [0.15, 0.2) is 12.1 Å². The lowest BCUT2D eigenvalue weighted by molar-refractivity contribution is -0.141. The Hall–Kier alpha value is -1.77. The van der Waals surface area contributed by atoms with Crippen molar-refractivity contribution in [3.05, 3.63) is 23.4 Å². The van der Waals surface area contributed by atoms with Crippen LogP contribution in [0.5, 0.6) is 0 Å². The van der Waals surface area contributed by atoms with Crippen molar-refractivity contribution in [1.29, 1.82) is 5.26 Å². The SMILES string of the molecule is CC1CCC(Nc2nc(C(F)(F)F)ccc2C#N)C1. The van der Waals surface area contributed by atoms with Gasteiger partial charge in [0, 0.05) is 6.04 Å². The first-order valence-corrected chi connectivity index (χ1v) is 6.15. The van der Waals surface area contributed by atoms with Gasteiger partial charge >= 0.3 is 6.18 Å². The van der Waals surface area contributed by atoms with E-state index in [9.17, 15) is 13.2 Å². The lowest BCUT2D eigenvalue weighted by atomic mass is 10.1. The lowest BCUT2D eigenvalue weighted by Gasteiger charge is -2.15. The van der Waals surface area contributed by atoms with E-state index in [4.69, 9.17) is 5.26 Å². The van der Waals surface area contributed by atoms with Crippen LogP contribution in [-0.4, -0.2) is 11.0 Å². The van der Waals surface area contributed by atoms with E-state index >= 15 is 0 Å². The second-order valence-electron chi connectivity index (χ2n) is 4.96. The van der Waals surface area contributed by atoms with Crippen LogP contribution in [0, 0.1) is 17.2 Å². The molecule has 0 bridgehead atoms. The molecule has 0 amide bonds. The Labute approximate surface area is 109 Å². The molecule has 1 aromatic rings. The van der Waals surface area contributed by atoms with E-state index in [0.717, 1.165) is 31.4 Å². The van der Waals surface area contributed by atoms with Crippen molar-refractivity contribution in [2.24, 2.45) is 5.92 Å². The molecule has 0 saturated heterocycles. The van der Waals surface area contributed by atoms with Gasteiger partial charge in [0.15, 0.2) is 0 Å². The van der Waals surface area contributed by atoms with E-state index in [1.165, 1.54) is 0 Å². The fraction of sp³-hybridized carbons (Fsp3) is 0.538. The van der Waals surface area contributed by atoms with Gasteiger partial charge < -0.3 is 5.32 Å². The smallest absolute Gasteiger partial charge is 0.366 e. The predicted molar refractivity (Wildman–Crippen MR) is 64.4 cm³/mol. The molecule has 0 aliphatic heterocycles.